The summed E-state index contributed by atoms with van der Waals surface area (Å²) in [7, 11) is 0. The molecule has 6 heteroatoms. The first kappa shape index (κ1) is 14.7. The van der Waals surface area contributed by atoms with Crippen molar-refractivity contribution >= 4 is 5.91 Å². The highest BCUT2D eigenvalue weighted by Crippen LogP contribution is 2.41. The number of benzene rings is 1. The minimum Gasteiger partial charge on any atom is -0.467 e. The fraction of sp³-hybridized carbons (Fsp3) is 0.278. The lowest BCUT2D eigenvalue weighted by molar-refractivity contribution is 0.0942. The number of carbonyl (C=O) groups excluding carboxylic acids is 1. The first-order valence-electron chi connectivity index (χ1n) is 8.05. The van der Waals surface area contributed by atoms with Crippen LogP contribution >= 0.6 is 0 Å². The molecule has 0 unspecified atom stereocenters. The van der Waals surface area contributed by atoms with Crippen molar-refractivity contribution in [1.82, 2.24) is 20.3 Å². The normalized spacial score (nSPS) is 13.9. The summed E-state index contributed by atoms with van der Waals surface area (Å²) in [5, 5.41) is 11.2. The molecule has 1 N–H and O–H groups in total. The Kier molecular flexibility index (Phi) is 3.65. The van der Waals surface area contributed by atoms with Crippen LogP contribution in [-0.2, 0) is 6.54 Å². The number of carbonyl (C=O) groups is 1. The van der Waals surface area contributed by atoms with Gasteiger partial charge >= 0.3 is 0 Å². The molecule has 6 nitrogen and oxygen atoms in total. The standard InChI is InChI=1S/C18H18N4O2/c1-12-4-8-14(9-5-12)22-17(13-6-7-13)16(20-21-22)18(23)19-11-15-3-2-10-24-15/h2-5,8-10,13H,6-7,11H2,1H3,(H,19,23). The van der Waals surface area contributed by atoms with Crippen LogP contribution in [0.5, 0.6) is 0 Å². The van der Waals surface area contributed by atoms with Gasteiger partial charge in [0.05, 0.1) is 24.2 Å². The van der Waals surface area contributed by atoms with E-state index in [2.05, 4.69) is 15.6 Å². The average molecular weight is 322 g/mol. The molecule has 0 bridgehead atoms. The quantitative estimate of drug-likeness (QED) is 0.784. The maximum Gasteiger partial charge on any atom is 0.274 e. The fourth-order valence-electron chi connectivity index (χ4n) is 2.71. The first-order chi connectivity index (χ1) is 11.7. The topological polar surface area (TPSA) is 73.0 Å². The number of hydrogen-bond acceptors (Lipinski definition) is 4. The third-order valence-electron chi connectivity index (χ3n) is 4.17. The molecular formula is C18H18N4O2. The third-order valence-corrected chi connectivity index (χ3v) is 4.17. The van der Waals surface area contributed by atoms with Crippen LogP contribution in [-0.4, -0.2) is 20.9 Å². The van der Waals surface area contributed by atoms with Crippen molar-refractivity contribution in [2.45, 2.75) is 32.2 Å². The maximum absolute atomic E-state index is 12.5. The van der Waals surface area contributed by atoms with Crippen LogP contribution in [0.4, 0.5) is 0 Å². The van der Waals surface area contributed by atoms with Crippen molar-refractivity contribution in [2.75, 3.05) is 0 Å². The largest absolute Gasteiger partial charge is 0.467 e. The van der Waals surface area contributed by atoms with E-state index in [1.807, 2.05) is 37.3 Å². The van der Waals surface area contributed by atoms with E-state index in [0.29, 0.717) is 23.9 Å². The second kappa shape index (κ2) is 5.96. The van der Waals surface area contributed by atoms with Crippen LogP contribution in [0.15, 0.2) is 47.1 Å². The molecule has 0 spiro atoms. The van der Waals surface area contributed by atoms with Gasteiger partial charge in [-0.25, -0.2) is 4.68 Å². The number of amides is 1. The number of hydrogen-bond donors (Lipinski definition) is 1. The molecule has 1 amide bonds. The van der Waals surface area contributed by atoms with Gasteiger partial charge in [-0.15, -0.1) is 5.10 Å². The molecule has 4 rings (SSSR count). The van der Waals surface area contributed by atoms with Gasteiger partial charge in [0.2, 0.25) is 0 Å². The van der Waals surface area contributed by atoms with Crippen LogP contribution < -0.4 is 5.32 Å². The maximum atomic E-state index is 12.5. The van der Waals surface area contributed by atoms with Crippen LogP contribution in [0.2, 0.25) is 0 Å². The molecule has 1 aliphatic rings. The molecule has 1 aromatic carbocycles. The van der Waals surface area contributed by atoms with E-state index >= 15 is 0 Å². The monoisotopic (exact) mass is 322 g/mol. The number of rotatable bonds is 5. The van der Waals surface area contributed by atoms with Gasteiger partial charge in [0.25, 0.3) is 5.91 Å². The highest BCUT2D eigenvalue weighted by molar-refractivity contribution is 5.93. The molecule has 2 heterocycles. The second-order valence-electron chi connectivity index (χ2n) is 6.11. The van der Waals surface area contributed by atoms with Gasteiger partial charge in [0, 0.05) is 5.92 Å². The lowest BCUT2D eigenvalue weighted by Gasteiger charge is -2.07. The van der Waals surface area contributed by atoms with E-state index in [0.717, 1.165) is 24.2 Å². The van der Waals surface area contributed by atoms with Crippen molar-refractivity contribution in [3.63, 3.8) is 0 Å². The Labute approximate surface area is 139 Å². The van der Waals surface area contributed by atoms with Gasteiger partial charge in [-0.2, -0.15) is 0 Å². The highest BCUT2D eigenvalue weighted by Gasteiger charge is 2.34. The number of aromatic nitrogens is 3. The smallest absolute Gasteiger partial charge is 0.274 e. The Bertz CT molecular complexity index is 846. The minimum atomic E-state index is -0.216. The van der Waals surface area contributed by atoms with Crippen LogP contribution in [0.3, 0.4) is 0 Å². The summed E-state index contributed by atoms with van der Waals surface area (Å²) in [6, 6.07) is 11.7. The molecule has 0 saturated heterocycles. The zero-order chi connectivity index (χ0) is 16.5. The SMILES string of the molecule is Cc1ccc(-n2nnc(C(=O)NCc3ccco3)c2C2CC2)cc1. The van der Waals surface area contributed by atoms with Gasteiger partial charge in [0.1, 0.15) is 5.76 Å². The fourth-order valence-corrected chi connectivity index (χ4v) is 2.71. The van der Waals surface area contributed by atoms with E-state index in [1.165, 1.54) is 5.56 Å². The Balaban J connectivity index is 1.61. The predicted molar refractivity (Wildman–Crippen MR) is 87.9 cm³/mol. The Morgan fingerprint density at radius 3 is 2.75 bits per heavy atom. The molecule has 0 atom stereocenters. The summed E-state index contributed by atoms with van der Waals surface area (Å²) in [5.41, 5.74) is 3.42. The van der Waals surface area contributed by atoms with Crippen molar-refractivity contribution in [2.24, 2.45) is 0 Å². The van der Waals surface area contributed by atoms with Crippen LogP contribution in [0.1, 0.15) is 46.3 Å². The molecule has 1 fully saturated rings. The van der Waals surface area contributed by atoms with Crippen LogP contribution in [0, 0.1) is 6.92 Å². The molecule has 3 aromatic rings. The van der Waals surface area contributed by atoms with Crippen molar-refractivity contribution in [1.29, 1.82) is 0 Å². The molecule has 0 radical (unpaired) electrons. The van der Waals surface area contributed by atoms with Crippen LogP contribution in [0.25, 0.3) is 5.69 Å². The summed E-state index contributed by atoms with van der Waals surface area (Å²) in [5.74, 6) is 0.847. The summed E-state index contributed by atoms with van der Waals surface area (Å²) in [4.78, 5) is 12.5. The summed E-state index contributed by atoms with van der Waals surface area (Å²) < 4.78 is 7.03. The van der Waals surface area contributed by atoms with E-state index in [-0.39, 0.29) is 5.91 Å². The number of aryl methyl sites for hydroxylation is 1. The molecule has 1 aliphatic carbocycles. The molecule has 24 heavy (non-hydrogen) atoms. The molecular weight excluding hydrogens is 304 g/mol. The number of nitrogens with zero attached hydrogens (tertiary/aromatic N) is 3. The van der Waals surface area contributed by atoms with Gasteiger partial charge in [-0.3, -0.25) is 4.79 Å². The van der Waals surface area contributed by atoms with Gasteiger partial charge in [-0.1, -0.05) is 22.9 Å². The summed E-state index contributed by atoms with van der Waals surface area (Å²) >= 11 is 0. The molecule has 1 saturated carbocycles. The highest BCUT2D eigenvalue weighted by atomic mass is 16.3. The van der Waals surface area contributed by atoms with Gasteiger partial charge in [0.15, 0.2) is 5.69 Å². The van der Waals surface area contributed by atoms with E-state index in [9.17, 15) is 4.79 Å². The molecule has 0 aliphatic heterocycles. The van der Waals surface area contributed by atoms with Crippen molar-refractivity contribution in [3.8, 4) is 5.69 Å². The van der Waals surface area contributed by atoms with Crippen molar-refractivity contribution < 1.29 is 9.21 Å². The molecule has 2 aromatic heterocycles. The number of furan rings is 1. The van der Waals surface area contributed by atoms with E-state index < -0.39 is 0 Å². The zero-order valence-electron chi connectivity index (χ0n) is 13.4. The van der Waals surface area contributed by atoms with Gasteiger partial charge in [-0.05, 0) is 44.0 Å². The minimum absolute atomic E-state index is 0.216. The predicted octanol–water partition coefficient (Wildman–Crippen LogP) is 2.98. The zero-order valence-corrected chi connectivity index (χ0v) is 13.4. The number of nitrogens with one attached hydrogen (secondary N) is 1. The first-order valence-corrected chi connectivity index (χ1v) is 8.05. The van der Waals surface area contributed by atoms with E-state index in [4.69, 9.17) is 4.42 Å². The molecule has 122 valence electrons. The Morgan fingerprint density at radius 1 is 1.29 bits per heavy atom. The lowest BCUT2D eigenvalue weighted by atomic mass is 10.2. The lowest BCUT2D eigenvalue weighted by Crippen LogP contribution is -2.24. The van der Waals surface area contributed by atoms with E-state index in [1.54, 1.807) is 17.0 Å². The second-order valence-corrected chi connectivity index (χ2v) is 6.11. The summed E-state index contributed by atoms with van der Waals surface area (Å²) in [6.07, 6.45) is 3.72. The Morgan fingerprint density at radius 2 is 2.08 bits per heavy atom. The average Bonchev–Trinajstić information content (AvgIpc) is 3.12. The summed E-state index contributed by atoms with van der Waals surface area (Å²) in [6.45, 7) is 2.38. The van der Waals surface area contributed by atoms with Crippen molar-refractivity contribution in [3.05, 3.63) is 65.4 Å². The Hall–Kier alpha value is -2.89. The third kappa shape index (κ3) is 2.82. The van der Waals surface area contributed by atoms with Gasteiger partial charge < -0.3 is 9.73 Å².